The molecule has 0 aliphatic carbocycles. The summed E-state index contributed by atoms with van der Waals surface area (Å²) in [5.41, 5.74) is 0. The van der Waals surface area contributed by atoms with E-state index in [1.54, 1.807) is 0 Å². The van der Waals surface area contributed by atoms with Gasteiger partial charge in [-0.1, -0.05) is 0 Å². The van der Waals surface area contributed by atoms with E-state index in [-0.39, 0.29) is 34.1 Å². The van der Waals surface area contributed by atoms with Gasteiger partial charge in [-0.3, -0.25) is 0 Å². The fraction of sp³-hybridized carbons (Fsp3) is 0.333. The van der Waals surface area contributed by atoms with Crippen molar-refractivity contribution in [2.24, 2.45) is 0 Å². The quantitative estimate of drug-likeness (QED) is 0.529. The van der Waals surface area contributed by atoms with Crippen LogP contribution in [0.1, 0.15) is 0 Å². The van der Waals surface area contributed by atoms with Gasteiger partial charge in [-0.2, -0.15) is 6.21 Å². The Labute approximate surface area is 51.4 Å². The summed E-state index contributed by atoms with van der Waals surface area (Å²) < 4.78 is 0. The van der Waals surface area contributed by atoms with Crippen LogP contribution in [0.5, 0.6) is 0 Å². The summed E-state index contributed by atoms with van der Waals surface area (Å²) in [6.07, 6.45) is 0.681. The minimum absolute atomic E-state index is 0. The Morgan fingerprint density at radius 2 is 1.83 bits per heavy atom. The molecule has 0 heterocycles. The molecule has 0 aromatic heterocycles. The molecule has 2 nitrogen and oxygen atoms in total. The monoisotopic (exact) mass is 266 g/mol. The van der Waals surface area contributed by atoms with E-state index in [0.717, 1.165) is 0 Å². The van der Waals surface area contributed by atoms with Gasteiger partial charge in [-0.05, 0) is 0 Å². The summed E-state index contributed by atoms with van der Waals surface area (Å²) >= 11 is 0. The zero-order chi connectivity index (χ0) is 3.41. The SMILES string of the molecule is [CH3-].[Ir].[N-]=CCO. The van der Waals surface area contributed by atoms with Crippen LogP contribution in [0.3, 0.4) is 0 Å². The summed E-state index contributed by atoms with van der Waals surface area (Å²) in [6.45, 7) is -0.250. The van der Waals surface area contributed by atoms with Crippen molar-refractivity contribution in [1.82, 2.24) is 0 Å². The Morgan fingerprint density at radius 3 is 1.83 bits per heavy atom. The summed E-state index contributed by atoms with van der Waals surface area (Å²) in [5, 5.41) is 15.1. The third-order valence-electron chi connectivity index (χ3n) is 0.0816. The topological polar surface area (TPSA) is 42.5 Å². The Kier molecular flexibility index (Phi) is 50.5. The number of aliphatic hydroxyl groups excluding tert-OH is 1. The molecule has 1 radical (unpaired) electrons. The van der Waals surface area contributed by atoms with Gasteiger partial charge in [0.1, 0.15) is 0 Å². The molecule has 0 amide bonds. The normalized spacial score (nSPS) is 4.17. The zero-order valence-electron chi connectivity index (χ0n) is 3.51. The van der Waals surface area contributed by atoms with E-state index in [1.807, 2.05) is 0 Å². The molecule has 0 spiro atoms. The third-order valence-corrected chi connectivity index (χ3v) is 0.0816. The van der Waals surface area contributed by atoms with Crippen LogP contribution >= 0.6 is 0 Å². The zero-order valence-corrected chi connectivity index (χ0v) is 5.91. The first-order chi connectivity index (χ1) is 1.91. The molecule has 0 saturated carbocycles. The summed E-state index contributed by atoms with van der Waals surface area (Å²) in [5.74, 6) is 0. The molecule has 0 aromatic rings. The van der Waals surface area contributed by atoms with Crippen molar-refractivity contribution in [1.29, 1.82) is 0 Å². The average Bonchev–Trinajstić information content (AvgIpc) is 1.37. The van der Waals surface area contributed by atoms with E-state index in [2.05, 4.69) is 0 Å². The van der Waals surface area contributed by atoms with Crippen LogP contribution in [0.2, 0.25) is 0 Å². The van der Waals surface area contributed by atoms with Gasteiger partial charge in [0.15, 0.2) is 0 Å². The Balaban J connectivity index is -0.0000000450. The smallest absolute Gasteiger partial charge is 0.0399 e. The standard InChI is InChI=1S/C2H4NO.CH3.Ir/c3-1-2-4;;/h1,4H,2H2;1H3;/q2*-1;. The second-order valence-electron chi connectivity index (χ2n) is 0.365. The molecule has 41 valence electrons. The molecule has 1 N–H and O–H groups in total. The van der Waals surface area contributed by atoms with Crippen LogP contribution in [0, 0.1) is 7.43 Å². The number of rotatable bonds is 1. The van der Waals surface area contributed by atoms with Crippen molar-refractivity contribution >= 4 is 6.21 Å². The van der Waals surface area contributed by atoms with E-state index in [4.69, 9.17) is 10.5 Å². The first kappa shape index (κ1) is 16.3. The average molecular weight is 265 g/mol. The predicted molar refractivity (Wildman–Crippen MR) is 22.9 cm³/mol. The van der Waals surface area contributed by atoms with Crippen molar-refractivity contribution in [3.8, 4) is 0 Å². The molecule has 0 aliphatic rings. The summed E-state index contributed by atoms with van der Waals surface area (Å²) in [4.78, 5) is 0. The molecule has 0 fully saturated rings. The number of hydrogen-bond donors (Lipinski definition) is 1. The summed E-state index contributed by atoms with van der Waals surface area (Å²) in [7, 11) is 0. The maximum absolute atomic E-state index is 7.57. The Bertz CT molecular complexity index is 24.8. The van der Waals surface area contributed by atoms with Gasteiger partial charge in [-0.15, -0.1) is 0 Å². The minimum Gasteiger partial charge on any atom is -0.812 e. The van der Waals surface area contributed by atoms with Crippen molar-refractivity contribution in [2.45, 2.75) is 0 Å². The van der Waals surface area contributed by atoms with Crippen LogP contribution in [0.4, 0.5) is 0 Å². The molecular formula is C3H7IrNO-2. The van der Waals surface area contributed by atoms with Gasteiger partial charge in [-0.25, -0.2) is 0 Å². The Hall–Kier alpha value is 0.279. The number of nitrogens with zero attached hydrogens (tertiary/aromatic N) is 1. The predicted octanol–water partition coefficient (Wildman–Crippen LogP) is 0.0667. The van der Waals surface area contributed by atoms with E-state index in [0.29, 0.717) is 6.21 Å². The van der Waals surface area contributed by atoms with Gasteiger partial charge in [0.2, 0.25) is 0 Å². The first-order valence-electron chi connectivity index (χ1n) is 0.983. The van der Waals surface area contributed by atoms with Gasteiger partial charge in [0, 0.05) is 26.7 Å². The first-order valence-corrected chi connectivity index (χ1v) is 0.983. The molecule has 0 aromatic carbocycles. The second-order valence-corrected chi connectivity index (χ2v) is 0.365. The Morgan fingerprint density at radius 1 is 1.67 bits per heavy atom. The van der Waals surface area contributed by atoms with Crippen molar-refractivity contribution in [2.75, 3.05) is 6.61 Å². The molecule has 0 unspecified atom stereocenters. The fourth-order valence-corrected chi connectivity index (χ4v) is 0. The van der Waals surface area contributed by atoms with Crippen molar-refractivity contribution < 1.29 is 25.2 Å². The van der Waals surface area contributed by atoms with E-state index < -0.39 is 0 Å². The maximum Gasteiger partial charge on any atom is 0.0399 e. The van der Waals surface area contributed by atoms with Crippen molar-refractivity contribution in [3.05, 3.63) is 12.8 Å². The summed E-state index contributed by atoms with van der Waals surface area (Å²) in [6, 6.07) is 0. The molecule has 0 aliphatic heterocycles. The largest absolute Gasteiger partial charge is 0.812 e. The van der Waals surface area contributed by atoms with Crippen LogP contribution in [0.15, 0.2) is 0 Å². The molecule has 0 rings (SSSR count). The van der Waals surface area contributed by atoms with E-state index in [9.17, 15) is 0 Å². The molecule has 0 saturated heterocycles. The van der Waals surface area contributed by atoms with Gasteiger partial charge < -0.3 is 17.9 Å². The van der Waals surface area contributed by atoms with Crippen molar-refractivity contribution in [3.63, 3.8) is 0 Å². The van der Waals surface area contributed by atoms with E-state index in [1.165, 1.54) is 0 Å². The van der Waals surface area contributed by atoms with Crippen LogP contribution in [-0.2, 0) is 20.1 Å². The van der Waals surface area contributed by atoms with Crippen LogP contribution in [0.25, 0.3) is 5.41 Å². The number of hydrogen-bond acceptors (Lipinski definition) is 1. The molecule has 3 heteroatoms. The molecule has 0 atom stereocenters. The fourth-order valence-electron chi connectivity index (χ4n) is 0. The van der Waals surface area contributed by atoms with Crippen LogP contribution < -0.4 is 0 Å². The molecule has 0 bridgehead atoms. The van der Waals surface area contributed by atoms with E-state index >= 15 is 0 Å². The molecular weight excluding hydrogens is 258 g/mol. The second kappa shape index (κ2) is 18.6. The van der Waals surface area contributed by atoms with Gasteiger partial charge >= 0.3 is 0 Å². The van der Waals surface area contributed by atoms with Gasteiger partial charge in [0.25, 0.3) is 0 Å². The molecule has 6 heavy (non-hydrogen) atoms. The maximum atomic E-state index is 7.57. The third kappa shape index (κ3) is 28.1. The van der Waals surface area contributed by atoms with Gasteiger partial charge in [0.05, 0.1) is 0 Å². The number of aliphatic hydroxyl groups is 1. The van der Waals surface area contributed by atoms with Crippen LogP contribution in [-0.4, -0.2) is 17.9 Å². The minimum atomic E-state index is -0.250.